The first-order valence-corrected chi connectivity index (χ1v) is 11.1. The van der Waals surface area contributed by atoms with Gasteiger partial charge in [-0.1, -0.05) is 42.0 Å². The molecule has 0 spiro atoms. The lowest BCUT2D eigenvalue weighted by atomic mass is 9.96. The first kappa shape index (κ1) is 21.1. The van der Waals surface area contributed by atoms with E-state index in [1.54, 1.807) is 36.4 Å². The zero-order valence-corrected chi connectivity index (χ0v) is 18.2. The van der Waals surface area contributed by atoms with Gasteiger partial charge in [0.05, 0.1) is 12.0 Å². The van der Waals surface area contributed by atoms with E-state index in [4.69, 9.17) is 4.74 Å². The second kappa shape index (κ2) is 8.38. The van der Waals surface area contributed by atoms with E-state index >= 15 is 0 Å². The first-order chi connectivity index (χ1) is 13.7. The lowest BCUT2D eigenvalue weighted by molar-refractivity contribution is -0.125. The molecule has 0 aromatic heterocycles. The maximum atomic E-state index is 13.0. The highest BCUT2D eigenvalue weighted by atomic mass is 79.9. The fourth-order valence-electron chi connectivity index (χ4n) is 2.99. The number of nitrogens with zero attached hydrogens (tertiary/aromatic N) is 1. The number of fused-ring (bicyclic) bond motifs is 1. The summed E-state index contributed by atoms with van der Waals surface area (Å²) in [6.45, 7) is 1.85. The normalized spacial score (nSPS) is 15.9. The van der Waals surface area contributed by atoms with Gasteiger partial charge >= 0.3 is 6.09 Å². The van der Waals surface area contributed by atoms with Crippen molar-refractivity contribution in [3.63, 3.8) is 0 Å². The summed E-state index contributed by atoms with van der Waals surface area (Å²) in [6, 6.07) is 12.4. The first-order valence-electron chi connectivity index (χ1n) is 8.64. The van der Waals surface area contributed by atoms with E-state index < -0.39 is 33.8 Å². The lowest BCUT2D eigenvalue weighted by Gasteiger charge is -2.32. The molecule has 3 rings (SSSR count). The Kier molecular flexibility index (Phi) is 6.09. The highest BCUT2D eigenvalue weighted by Gasteiger charge is 2.36. The number of nitrogens with one attached hydrogen (secondary N) is 1. The van der Waals surface area contributed by atoms with E-state index in [2.05, 4.69) is 21.2 Å². The van der Waals surface area contributed by atoms with Gasteiger partial charge in [0.1, 0.15) is 11.9 Å². The van der Waals surface area contributed by atoms with Gasteiger partial charge in [0.2, 0.25) is 5.91 Å². The van der Waals surface area contributed by atoms with Crippen LogP contribution in [-0.4, -0.2) is 38.3 Å². The molecule has 1 aliphatic heterocycles. The Morgan fingerprint density at radius 2 is 1.79 bits per heavy atom. The lowest BCUT2D eigenvalue weighted by Crippen LogP contribution is -2.44. The third-order valence-corrected chi connectivity index (χ3v) is 6.64. The summed E-state index contributed by atoms with van der Waals surface area (Å²) >= 11 is 3.39. The van der Waals surface area contributed by atoms with Crippen LogP contribution in [0.3, 0.4) is 0 Å². The van der Waals surface area contributed by atoms with Gasteiger partial charge in [0.25, 0.3) is 0 Å². The van der Waals surface area contributed by atoms with Gasteiger partial charge < -0.3 is 10.1 Å². The predicted octanol–water partition coefficient (Wildman–Crippen LogP) is 3.36. The third-order valence-electron chi connectivity index (χ3n) is 4.49. The molecule has 1 aliphatic rings. The summed E-state index contributed by atoms with van der Waals surface area (Å²) in [7, 11) is -2.52. The van der Waals surface area contributed by atoms with Crippen LogP contribution in [0.25, 0.3) is 4.48 Å². The predicted molar refractivity (Wildman–Crippen MR) is 112 cm³/mol. The average Bonchev–Trinajstić information content (AvgIpc) is 2.71. The Balaban J connectivity index is 1.88. The zero-order valence-electron chi connectivity index (χ0n) is 15.8. The number of rotatable bonds is 4. The molecule has 29 heavy (non-hydrogen) atoms. The van der Waals surface area contributed by atoms with Gasteiger partial charge in [0, 0.05) is 10.7 Å². The van der Waals surface area contributed by atoms with Gasteiger partial charge in [0.15, 0.2) is 9.84 Å². The largest absolute Gasteiger partial charge is 0.452 e. The topological polar surface area (TPSA) is 92.8 Å². The molecule has 0 radical (unpaired) electrons. The van der Waals surface area contributed by atoms with Crippen molar-refractivity contribution >= 4 is 42.2 Å². The number of hydrogen-bond donors (Lipinski definition) is 1. The summed E-state index contributed by atoms with van der Waals surface area (Å²) in [5.74, 6) is -1.22. The molecule has 0 saturated heterocycles. The fourth-order valence-corrected chi connectivity index (χ4v) is 4.62. The Labute approximate surface area is 177 Å². The van der Waals surface area contributed by atoms with E-state index in [1.807, 2.05) is 6.92 Å². The number of benzene rings is 2. The SMILES string of the molecule is COC(=O)N1C=C(Br)c2ccccc2C1C(=O)NCS(=O)(=O)c1ccc(C)cc1. The van der Waals surface area contributed by atoms with Gasteiger partial charge in [-0.3, -0.25) is 9.69 Å². The summed E-state index contributed by atoms with van der Waals surface area (Å²) in [6.07, 6.45) is 0.713. The fraction of sp³-hybridized carbons (Fsp3) is 0.200. The molecule has 2 amide bonds. The minimum atomic E-state index is -3.73. The number of halogens is 1. The van der Waals surface area contributed by atoms with E-state index in [0.717, 1.165) is 16.0 Å². The molecule has 2 aromatic carbocycles. The highest BCUT2D eigenvalue weighted by Crippen LogP contribution is 2.38. The van der Waals surface area contributed by atoms with Crippen LogP contribution in [0.5, 0.6) is 0 Å². The second-order valence-electron chi connectivity index (χ2n) is 6.46. The number of methoxy groups -OCH3 is 1. The number of hydrogen-bond acceptors (Lipinski definition) is 5. The van der Waals surface area contributed by atoms with Crippen molar-refractivity contribution in [2.75, 3.05) is 13.0 Å². The van der Waals surface area contributed by atoms with Crippen molar-refractivity contribution in [3.8, 4) is 0 Å². The van der Waals surface area contributed by atoms with Gasteiger partial charge in [-0.25, -0.2) is 13.2 Å². The molecule has 1 N–H and O–H groups in total. The maximum Gasteiger partial charge on any atom is 0.414 e. The summed E-state index contributed by atoms with van der Waals surface area (Å²) in [5, 5.41) is 2.45. The molecule has 0 bridgehead atoms. The number of carbonyl (C=O) groups excluding carboxylic acids is 2. The molecular weight excluding hydrogens is 460 g/mol. The molecule has 0 fully saturated rings. The molecule has 1 unspecified atom stereocenters. The van der Waals surface area contributed by atoms with Crippen LogP contribution in [0.2, 0.25) is 0 Å². The molecular formula is C20H19BrN2O5S. The molecule has 2 aromatic rings. The average molecular weight is 479 g/mol. The Bertz CT molecular complexity index is 1080. The van der Waals surface area contributed by atoms with Gasteiger partial charge in [-0.05, 0) is 46.1 Å². The molecule has 0 saturated carbocycles. The van der Waals surface area contributed by atoms with Crippen LogP contribution in [0.15, 0.2) is 59.6 Å². The minimum absolute atomic E-state index is 0.111. The minimum Gasteiger partial charge on any atom is -0.452 e. The van der Waals surface area contributed by atoms with E-state index in [9.17, 15) is 18.0 Å². The van der Waals surface area contributed by atoms with Crippen LogP contribution >= 0.6 is 15.9 Å². The number of amides is 2. The van der Waals surface area contributed by atoms with Crippen molar-refractivity contribution < 1.29 is 22.7 Å². The van der Waals surface area contributed by atoms with Crippen molar-refractivity contribution in [2.45, 2.75) is 17.9 Å². The Hall–Kier alpha value is -2.65. The second-order valence-corrected chi connectivity index (χ2v) is 9.30. The van der Waals surface area contributed by atoms with Crippen molar-refractivity contribution in [3.05, 3.63) is 71.4 Å². The number of aryl methyl sites for hydroxylation is 1. The number of carbonyl (C=O) groups is 2. The Morgan fingerprint density at radius 3 is 2.45 bits per heavy atom. The van der Waals surface area contributed by atoms with Crippen LogP contribution < -0.4 is 5.32 Å². The maximum absolute atomic E-state index is 13.0. The number of sulfone groups is 1. The van der Waals surface area contributed by atoms with Gasteiger partial charge in [-0.2, -0.15) is 0 Å². The van der Waals surface area contributed by atoms with E-state index in [-0.39, 0.29) is 4.90 Å². The monoisotopic (exact) mass is 478 g/mol. The summed E-state index contributed by atoms with van der Waals surface area (Å²) < 4.78 is 30.5. The summed E-state index contributed by atoms with van der Waals surface area (Å²) in [5.41, 5.74) is 2.21. The van der Waals surface area contributed by atoms with E-state index in [0.29, 0.717) is 10.0 Å². The molecule has 1 heterocycles. The third kappa shape index (κ3) is 4.35. The standard InChI is InChI=1S/C20H19BrN2O5S/c1-13-7-9-14(10-8-13)29(26,27)12-22-19(24)18-16-6-4-3-5-15(16)17(21)11-23(18)20(25)28-2/h3-11,18H,12H2,1-2H3,(H,22,24). The van der Waals surface area contributed by atoms with Crippen molar-refractivity contribution in [1.29, 1.82) is 0 Å². The quantitative estimate of drug-likeness (QED) is 0.726. The molecule has 9 heteroatoms. The molecule has 1 atom stereocenters. The Morgan fingerprint density at radius 1 is 1.14 bits per heavy atom. The van der Waals surface area contributed by atoms with E-state index in [1.165, 1.54) is 25.4 Å². The molecule has 0 aliphatic carbocycles. The zero-order chi connectivity index (χ0) is 21.2. The van der Waals surface area contributed by atoms with Crippen LogP contribution in [-0.2, 0) is 19.4 Å². The van der Waals surface area contributed by atoms with Gasteiger partial charge in [-0.15, -0.1) is 0 Å². The highest BCUT2D eigenvalue weighted by molar-refractivity contribution is 9.15. The van der Waals surface area contributed by atoms with Crippen LogP contribution in [0.4, 0.5) is 4.79 Å². The smallest absolute Gasteiger partial charge is 0.414 e. The van der Waals surface area contributed by atoms with Crippen molar-refractivity contribution in [2.24, 2.45) is 0 Å². The van der Waals surface area contributed by atoms with Crippen LogP contribution in [0.1, 0.15) is 22.7 Å². The molecule has 7 nitrogen and oxygen atoms in total. The van der Waals surface area contributed by atoms with Crippen molar-refractivity contribution in [1.82, 2.24) is 10.2 Å². The summed E-state index contributed by atoms with van der Waals surface area (Å²) in [4.78, 5) is 26.4. The molecule has 152 valence electrons. The van der Waals surface area contributed by atoms with Crippen LogP contribution in [0, 0.1) is 6.92 Å². The number of ether oxygens (including phenoxy) is 1.